The average Bonchev–Trinajstić information content (AvgIpc) is 2.10. The van der Waals surface area contributed by atoms with Crippen molar-refractivity contribution in [3.05, 3.63) is 0 Å². The first kappa shape index (κ1) is 7.03. The molecule has 0 aromatic rings. The number of nitrogens with zero attached hydrogens (tertiary/aromatic N) is 1. The van der Waals surface area contributed by atoms with Crippen molar-refractivity contribution in [1.29, 1.82) is 0 Å². The SMILES string of the molecule is CCN1CC(N)CC1C. The van der Waals surface area contributed by atoms with E-state index in [-0.39, 0.29) is 0 Å². The third-order valence-electron chi connectivity index (χ3n) is 2.14. The van der Waals surface area contributed by atoms with Crippen LogP contribution < -0.4 is 5.73 Å². The van der Waals surface area contributed by atoms with Gasteiger partial charge in [0.25, 0.3) is 0 Å². The molecule has 9 heavy (non-hydrogen) atoms. The molecule has 0 bridgehead atoms. The van der Waals surface area contributed by atoms with Gasteiger partial charge in [0.1, 0.15) is 0 Å². The van der Waals surface area contributed by atoms with Crippen LogP contribution in [0.15, 0.2) is 0 Å². The Balaban J connectivity index is 2.38. The van der Waals surface area contributed by atoms with Crippen LogP contribution in [0, 0.1) is 0 Å². The quantitative estimate of drug-likeness (QED) is 0.555. The number of nitrogens with two attached hydrogens (primary N) is 1. The van der Waals surface area contributed by atoms with Crippen molar-refractivity contribution in [3.8, 4) is 0 Å². The molecule has 2 unspecified atom stereocenters. The lowest BCUT2D eigenvalue weighted by molar-refractivity contribution is 0.282. The monoisotopic (exact) mass is 128 g/mol. The Hall–Kier alpha value is -0.0800. The smallest absolute Gasteiger partial charge is 0.0182 e. The van der Waals surface area contributed by atoms with Crippen molar-refractivity contribution >= 4 is 0 Å². The largest absolute Gasteiger partial charge is 0.326 e. The first-order valence-electron chi connectivity index (χ1n) is 3.73. The zero-order chi connectivity index (χ0) is 6.85. The maximum absolute atomic E-state index is 5.75. The number of likely N-dealkylation sites (N-methyl/N-ethyl adjacent to an activating group) is 1. The first-order chi connectivity index (χ1) is 4.24. The lowest BCUT2D eigenvalue weighted by atomic mass is 10.2. The Bertz CT molecular complexity index is 92.9. The molecule has 1 heterocycles. The highest BCUT2D eigenvalue weighted by Crippen LogP contribution is 2.14. The molecule has 2 heteroatoms. The molecular formula is C7H16N2. The van der Waals surface area contributed by atoms with E-state index in [1.807, 2.05) is 0 Å². The Morgan fingerprint density at radius 2 is 2.33 bits per heavy atom. The minimum atomic E-state index is 0.431. The molecule has 1 fully saturated rings. The summed E-state index contributed by atoms with van der Waals surface area (Å²) in [4.78, 5) is 2.42. The highest BCUT2D eigenvalue weighted by atomic mass is 15.2. The van der Waals surface area contributed by atoms with Crippen molar-refractivity contribution in [1.82, 2.24) is 4.90 Å². The van der Waals surface area contributed by atoms with Crippen LogP contribution in [0.2, 0.25) is 0 Å². The van der Waals surface area contributed by atoms with E-state index in [1.54, 1.807) is 0 Å². The van der Waals surface area contributed by atoms with Gasteiger partial charge < -0.3 is 5.73 Å². The summed E-state index contributed by atoms with van der Waals surface area (Å²) < 4.78 is 0. The molecule has 0 aromatic heterocycles. The van der Waals surface area contributed by atoms with Crippen LogP contribution in [0.4, 0.5) is 0 Å². The second-order valence-electron chi connectivity index (χ2n) is 2.93. The molecular weight excluding hydrogens is 112 g/mol. The molecule has 0 spiro atoms. The molecule has 1 aliphatic rings. The van der Waals surface area contributed by atoms with E-state index in [0.29, 0.717) is 12.1 Å². The summed E-state index contributed by atoms with van der Waals surface area (Å²) in [6.45, 7) is 6.68. The Labute approximate surface area is 57.0 Å². The summed E-state index contributed by atoms with van der Waals surface area (Å²) >= 11 is 0. The standard InChI is InChI=1S/C7H16N2/c1-3-9-5-7(8)4-6(9)2/h6-7H,3-5,8H2,1-2H3. The number of rotatable bonds is 1. The number of hydrogen-bond donors (Lipinski definition) is 1. The van der Waals surface area contributed by atoms with Crippen LogP contribution in [0.25, 0.3) is 0 Å². The Morgan fingerprint density at radius 3 is 2.56 bits per heavy atom. The van der Waals surface area contributed by atoms with Gasteiger partial charge in [0, 0.05) is 18.6 Å². The van der Waals surface area contributed by atoms with Gasteiger partial charge in [-0.05, 0) is 19.9 Å². The fraction of sp³-hybridized carbons (Fsp3) is 1.00. The van der Waals surface area contributed by atoms with Crippen LogP contribution in [-0.2, 0) is 0 Å². The topological polar surface area (TPSA) is 29.3 Å². The van der Waals surface area contributed by atoms with E-state index in [4.69, 9.17) is 5.73 Å². The van der Waals surface area contributed by atoms with E-state index in [2.05, 4.69) is 18.7 Å². The summed E-state index contributed by atoms with van der Waals surface area (Å²) in [5, 5.41) is 0. The van der Waals surface area contributed by atoms with Crippen LogP contribution in [0.1, 0.15) is 20.3 Å². The number of likely N-dealkylation sites (tertiary alicyclic amines) is 1. The molecule has 0 aromatic carbocycles. The minimum Gasteiger partial charge on any atom is -0.326 e. The highest BCUT2D eigenvalue weighted by molar-refractivity contribution is 4.83. The van der Waals surface area contributed by atoms with Crippen LogP contribution >= 0.6 is 0 Å². The molecule has 1 aliphatic heterocycles. The fourth-order valence-corrected chi connectivity index (χ4v) is 1.58. The van der Waals surface area contributed by atoms with Crippen LogP contribution in [0.5, 0.6) is 0 Å². The Morgan fingerprint density at radius 1 is 1.67 bits per heavy atom. The zero-order valence-electron chi connectivity index (χ0n) is 6.30. The van der Waals surface area contributed by atoms with Gasteiger partial charge in [-0.15, -0.1) is 0 Å². The summed E-state index contributed by atoms with van der Waals surface area (Å²) in [5.74, 6) is 0. The molecule has 0 saturated carbocycles. The summed E-state index contributed by atoms with van der Waals surface area (Å²) in [5.41, 5.74) is 5.75. The van der Waals surface area contributed by atoms with E-state index in [1.165, 1.54) is 6.42 Å². The lowest BCUT2D eigenvalue weighted by Gasteiger charge is -2.17. The van der Waals surface area contributed by atoms with E-state index >= 15 is 0 Å². The molecule has 0 radical (unpaired) electrons. The third-order valence-corrected chi connectivity index (χ3v) is 2.14. The molecule has 1 saturated heterocycles. The van der Waals surface area contributed by atoms with Crippen molar-refractivity contribution < 1.29 is 0 Å². The van der Waals surface area contributed by atoms with Gasteiger partial charge in [0.05, 0.1) is 0 Å². The van der Waals surface area contributed by atoms with Gasteiger partial charge in [-0.25, -0.2) is 0 Å². The van der Waals surface area contributed by atoms with E-state index < -0.39 is 0 Å². The van der Waals surface area contributed by atoms with Crippen molar-refractivity contribution in [3.63, 3.8) is 0 Å². The maximum atomic E-state index is 5.75. The van der Waals surface area contributed by atoms with Crippen molar-refractivity contribution in [2.24, 2.45) is 5.73 Å². The molecule has 1 rings (SSSR count). The second kappa shape index (κ2) is 2.67. The summed E-state index contributed by atoms with van der Waals surface area (Å²) in [6.07, 6.45) is 1.17. The summed E-state index contributed by atoms with van der Waals surface area (Å²) in [6, 6.07) is 1.14. The first-order valence-corrected chi connectivity index (χ1v) is 3.73. The Kier molecular flexibility index (Phi) is 2.09. The van der Waals surface area contributed by atoms with Gasteiger partial charge >= 0.3 is 0 Å². The maximum Gasteiger partial charge on any atom is 0.0182 e. The third kappa shape index (κ3) is 1.43. The molecule has 2 N–H and O–H groups in total. The predicted molar refractivity (Wildman–Crippen MR) is 39.3 cm³/mol. The van der Waals surface area contributed by atoms with Gasteiger partial charge in [-0.2, -0.15) is 0 Å². The molecule has 0 aliphatic carbocycles. The van der Waals surface area contributed by atoms with Gasteiger partial charge in [-0.3, -0.25) is 4.90 Å². The van der Waals surface area contributed by atoms with Gasteiger partial charge in [-0.1, -0.05) is 6.92 Å². The minimum absolute atomic E-state index is 0.431. The van der Waals surface area contributed by atoms with Crippen molar-refractivity contribution in [2.75, 3.05) is 13.1 Å². The van der Waals surface area contributed by atoms with Crippen molar-refractivity contribution in [2.45, 2.75) is 32.4 Å². The van der Waals surface area contributed by atoms with Gasteiger partial charge in [0.15, 0.2) is 0 Å². The van der Waals surface area contributed by atoms with E-state index in [0.717, 1.165) is 13.1 Å². The van der Waals surface area contributed by atoms with Gasteiger partial charge in [0.2, 0.25) is 0 Å². The fourth-order valence-electron chi connectivity index (χ4n) is 1.58. The van der Waals surface area contributed by atoms with E-state index in [9.17, 15) is 0 Å². The predicted octanol–water partition coefficient (Wildman–Crippen LogP) is 0.428. The molecule has 0 amide bonds. The second-order valence-corrected chi connectivity index (χ2v) is 2.93. The normalized spacial score (nSPS) is 37.7. The molecule has 2 nitrogen and oxygen atoms in total. The zero-order valence-corrected chi connectivity index (χ0v) is 6.30. The number of hydrogen-bond acceptors (Lipinski definition) is 2. The average molecular weight is 128 g/mol. The molecule has 54 valence electrons. The van der Waals surface area contributed by atoms with Crippen LogP contribution in [-0.4, -0.2) is 30.1 Å². The summed E-state index contributed by atoms with van der Waals surface area (Å²) in [7, 11) is 0. The lowest BCUT2D eigenvalue weighted by Crippen LogP contribution is -2.28. The highest BCUT2D eigenvalue weighted by Gasteiger charge is 2.24. The molecule has 2 atom stereocenters. The van der Waals surface area contributed by atoms with Crippen LogP contribution in [0.3, 0.4) is 0 Å².